The second-order valence-electron chi connectivity index (χ2n) is 6.38. The number of carbonyl (C=O) groups excluding carboxylic acids is 2. The molecule has 0 aromatic heterocycles. The topological polar surface area (TPSA) is 52.7 Å². The van der Waals surface area contributed by atoms with Gasteiger partial charge in [-0.3, -0.25) is 9.59 Å². The molecule has 0 saturated carbocycles. The molecule has 2 aromatic carbocycles. The smallest absolute Gasteiger partial charge is 0.253 e. The predicted molar refractivity (Wildman–Crippen MR) is 100 cm³/mol. The molecule has 1 heterocycles. The Labute approximate surface area is 148 Å². The maximum absolute atomic E-state index is 12.6. The normalized spacial score (nSPS) is 14.3. The van der Waals surface area contributed by atoms with Crippen LogP contribution < -0.4 is 10.2 Å². The number of benzene rings is 2. The molecule has 3 rings (SSSR count). The molecule has 5 nitrogen and oxygen atoms in total. The van der Waals surface area contributed by atoms with Crippen molar-refractivity contribution in [2.75, 3.05) is 36.4 Å². The van der Waals surface area contributed by atoms with Crippen molar-refractivity contribution < 1.29 is 9.59 Å². The Morgan fingerprint density at radius 2 is 1.64 bits per heavy atom. The largest absolute Gasteiger partial charge is 0.368 e. The number of hydrogen-bond donors (Lipinski definition) is 1. The summed E-state index contributed by atoms with van der Waals surface area (Å²) in [5.74, 6) is 0.0281. The predicted octanol–water partition coefficient (Wildman–Crippen LogP) is 2.92. The Morgan fingerprint density at radius 1 is 0.960 bits per heavy atom. The van der Waals surface area contributed by atoms with Crippen molar-refractivity contribution in [3.05, 3.63) is 59.7 Å². The zero-order valence-corrected chi connectivity index (χ0v) is 14.7. The highest BCUT2D eigenvalue weighted by molar-refractivity contribution is 5.94. The number of anilines is 2. The van der Waals surface area contributed by atoms with E-state index in [-0.39, 0.29) is 11.8 Å². The van der Waals surface area contributed by atoms with E-state index in [2.05, 4.69) is 10.2 Å². The standard InChI is InChI=1S/C20H23N3O2/c1-15-4-3-5-17(14-15)20(25)23-12-10-22(11-13-23)19-8-6-18(7-9-19)21-16(2)24/h3-9,14H,10-13H2,1-2H3,(H,21,24). The minimum absolute atomic E-state index is 0.0731. The van der Waals surface area contributed by atoms with Gasteiger partial charge in [0.15, 0.2) is 0 Å². The number of aryl methyl sites for hydroxylation is 1. The molecule has 5 heteroatoms. The van der Waals surface area contributed by atoms with Crippen LogP contribution in [0, 0.1) is 6.92 Å². The van der Waals surface area contributed by atoms with Crippen LogP contribution in [0.15, 0.2) is 48.5 Å². The molecule has 1 aliphatic rings. The zero-order chi connectivity index (χ0) is 17.8. The molecule has 25 heavy (non-hydrogen) atoms. The summed E-state index contributed by atoms with van der Waals surface area (Å²) < 4.78 is 0. The fraction of sp³-hybridized carbons (Fsp3) is 0.300. The fourth-order valence-electron chi connectivity index (χ4n) is 3.09. The van der Waals surface area contributed by atoms with Crippen molar-refractivity contribution in [1.82, 2.24) is 4.90 Å². The van der Waals surface area contributed by atoms with Gasteiger partial charge in [0.2, 0.25) is 5.91 Å². The van der Waals surface area contributed by atoms with Crippen LogP contribution >= 0.6 is 0 Å². The summed E-state index contributed by atoms with van der Waals surface area (Å²) in [6.45, 7) is 6.52. The third-order valence-electron chi connectivity index (χ3n) is 4.38. The van der Waals surface area contributed by atoms with Crippen molar-refractivity contribution in [2.24, 2.45) is 0 Å². The Kier molecular flexibility index (Phi) is 5.03. The Morgan fingerprint density at radius 3 is 2.24 bits per heavy atom. The summed E-state index contributed by atoms with van der Waals surface area (Å²) in [7, 11) is 0. The number of amides is 2. The van der Waals surface area contributed by atoms with Gasteiger partial charge in [-0.05, 0) is 43.3 Å². The first-order valence-corrected chi connectivity index (χ1v) is 8.51. The monoisotopic (exact) mass is 337 g/mol. The molecule has 0 spiro atoms. The Bertz CT molecular complexity index is 763. The van der Waals surface area contributed by atoms with E-state index in [0.717, 1.165) is 35.6 Å². The summed E-state index contributed by atoms with van der Waals surface area (Å²) in [4.78, 5) is 27.9. The molecular formula is C20H23N3O2. The Balaban J connectivity index is 1.60. The van der Waals surface area contributed by atoms with Crippen molar-refractivity contribution in [1.29, 1.82) is 0 Å². The van der Waals surface area contributed by atoms with Gasteiger partial charge in [0.05, 0.1) is 0 Å². The van der Waals surface area contributed by atoms with Crippen LogP contribution in [0.1, 0.15) is 22.8 Å². The highest BCUT2D eigenvalue weighted by Crippen LogP contribution is 2.20. The molecule has 1 fully saturated rings. The van der Waals surface area contributed by atoms with Gasteiger partial charge in [0, 0.05) is 50.0 Å². The van der Waals surface area contributed by atoms with E-state index in [0.29, 0.717) is 13.1 Å². The number of nitrogens with one attached hydrogen (secondary N) is 1. The second kappa shape index (κ2) is 7.38. The molecular weight excluding hydrogens is 314 g/mol. The molecule has 0 radical (unpaired) electrons. The van der Waals surface area contributed by atoms with E-state index in [9.17, 15) is 9.59 Å². The maximum atomic E-state index is 12.6. The molecule has 1 saturated heterocycles. The first-order chi connectivity index (χ1) is 12.0. The Hall–Kier alpha value is -2.82. The SMILES string of the molecule is CC(=O)Nc1ccc(N2CCN(C(=O)c3cccc(C)c3)CC2)cc1. The van der Waals surface area contributed by atoms with Gasteiger partial charge in [0.1, 0.15) is 0 Å². The summed E-state index contributed by atoms with van der Waals surface area (Å²) in [6, 6.07) is 15.6. The average Bonchev–Trinajstić information content (AvgIpc) is 2.61. The molecule has 2 amide bonds. The third kappa shape index (κ3) is 4.18. The van der Waals surface area contributed by atoms with Crippen LogP contribution in [-0.2, 0) is 4.79 Å². The molecule has 2 aromatic rings. The minimum Gasteiger partial charge on any atom is -0.368 e. The van der Waals surface area contributed by atoms with Gasteiger partial charge in [-0.2, -0.15) is 0 Å². The molecule has 130 valence electrons. The van der Waals surface area contributed by atoms with Crippen molar-refractivity contribution in [3.8, 4) is 0 Å². The van der Waals surface area contributed by atoms with Crippen molar-refractivity contribution >= 4 is 23.2 Å². The van der Waals surface area contributed by atoms with E-state index < -0.39 is 0 Å². The number of nitrogens with zero attached hydrogens (tertiary/aromatic N) is 2. The first kappa shape index (κ1) is 17.0. The van der Waals surface area contributed by atoms with Gasteiger partial charge in [-0.1, -0.05) is 17.7 Å². The van der Waals surface area contributed by atoms with Crippen LogP contribution in [-0.4, -0.2) is 42.9 Å². The lowest BCUT2D eigenvalue weighted by molar-refractivity contribution is -0.114. The van der Waals surface area contributed by atoms with Gasteiger partial charge in [0.25, 0.3) is 5.91 Å². The van der Waals surface area contributed by atoms with Crippen LogP contribution in [0.2, 0.25) is 0 Å². The van der Waals surface area contributed by atoms with Crippen LogP contribution in [0.25, 0.3) is 0 Å². The summed E-state index contributed by atoms with van der Waals surface area (Å²) >= 11 is 0. The lowest BCUT2D eigenvalue weighted by atomic mass is 10.1. The molecule has 0 unspecified atom stereocenters. The minimum atomic E-state index is -0.0731. The number of piperazine rings is 1. The van der Waals surface area contributed by atoms with E-state index in [1.165, 1.54) is 6.92 Å². The number of carbonyl (C=O) groups is 2. The van der Waals surface area contributed by atoms with Gasteiger partial charge in [-0.25, -0.2) is 0 Å². The summed E-state index contributed by atoms with van der Waals surface area (Å²) in [6.07, 6.45) is 0. The third-order valence-corrected chi connectivity index (χ3v) is 4.38. The molecule has 1 N–H and O–H groups in total. The fourth-order valence-corrected chi connectivity index (χ4v) is 3.09. The van der Waals surface area contributed by atoms with E-state index in [1.54, 1.807) is 0 Å². The lowest BCUT2D eigenvalue weighted by Crippen LogP contribution is -2.48. The van der Waals surface area contributed by atoms with Gasteiger partial charge < -0.3 is 15.1 Å². The molecule has 0 bridgehead atoms. The molecule has 1 aliphatic heterocycles. The second-order valence-corrected chi connectivity index (χ2v) is 6.38. The lowest BCUT2D eigenvalue weighted by Gasteiger charge is -2.36. The number of rotatable bonds is 3. The van der Waals surface area contributed by atoms with Crippen LogP contribution in [0.5, 0.6) is 0 Å². The van der Waals surface area contributed by atoms with E-state index >= 15 is 0 Å². The average molecular weight is 337 g/mol. The first-order valence-electron chi connectivity index (χ1n) is 8.51. The van der Waals surface area contributed by atoms with Gasteiger partial charge in [-0.15, -0.1) is 0 Å². The summed E-state index contributed by atoms with van der Waals surface area (Å²) in [5.41, 5.74) is 3.76. The van der Waals surface area contributed by atoms with Crippen molar-refractivity contribution in [2.45, 2.75) is 13.8 Å². The van der Waals surface area contributed by atoms with Gasteiger partial charge >= 0.3 is 0 Å². The molecule has 0 atom stereocenters. The maximum Gasteiger partial charge on any atom is 0.253 e. The quantitative estimate of drug-likeness (QED) is 0.937. The zero-order valence-electron chi connectivity index (χ0n) is 14.7. The highest BCUT2D eigenvalue weighted by Gasteiger charge is 2.22. The number of hydrogen-bond acceptors (Lipinski definition) is 3. The van der Waals surface area contributed by atoms with Crippen molar-refractivity contribution in [3.63, 3.8) is 0 Å². The van der Waals surface area contributed by atoms with Crippen LogP contribution in [0.3, 0.4) is 0 Å². The molecule has 0 aliphatic carbocycles. The summed E-state index contributed by atoms with van der Waals surface area (Å²) in [5, 5.41) is 2.77. The van der Waals surface area contributed by atoms with E-state index in [1.807, 2.05) is 60.4 Å². The van der Waals surface area contributed by atoms with E-state index in [4.69, 9.17) is 0 Å². The highest BCUT2D eigenvalue weighted by atomic mass is 16.2. The van der Waals surface area contributed by atoms with Crippen LogP contribution in [0.4, 0.5) is 11.4 Å².